The van der Waals surface area contributed by atoms with Crippen LogP contribution in [0.25, 0.3) is 0 Å². The van der Waals surface area contributed by atoms with E-state index < -0.39 is 10.8 Å². The molecule has 1 aromatic rings. The molecule has 15 heavy (non-hydrogen) atoms. The Morgan fingerprint density at radius 2 is 2.27 bits per heavy atom. The van der Waals surface area contributed by atoms with Crippen LogP contribution in [0.3, 0.4) is 0 Å². The molecule has 1 rings (SSSR count). The molecule has 1 unspecified atom stereocenters. The van der Waals surface area contributed by atoms with Crippen molar-refractivity contribution in [2.24, 2.45) is 0 Å². The number of hydrogen-bond acceptors (Lipinski definition) is 3. The molecule has 1 aromatic carbocycles. The van der Waals surface area contributed by atoms with Gasteiger partial charge in [0.25, 0.3) is 0 Å². The van der Waals surface area contributed by atoms with Crippen molar-refractivity contribution in [2.75, 3.05) is 24.7 Å². The van der Waals surface area contributed by atoms with Gasteiger partial charge in [-0.05, 0) is 25.1 Å². The van der Waals surface area contributed by atoms with Crippen LogP contribution in [-0.4, -0.2) is 23.2 Å². The van der Waals surface area contributed by atoms with Crippen molar-refractivity contribution < 1.29 is 8.95 Å². The van der Waals surface area contributed by atoms with Gasteiger partial charge in [0.05, 0.1) is 28.1 Å². The van der Waals surface area contributed by atoms with E-state index in [2.05, 4.69) is 0 Å². The van der Waals surface area contributed by atoms with Gasteiger partial charge in [0.15, 0.2) is 0 Å². The van der Waals surface area contributed by atoms with E-state index in [1.165, 1.54) is 0 Å². The first-order chi connectivity index (χ1) is 7.15. The van der Waals surface area contributed by atoms with Gasteiger partial charge in [-0.1, -0.05) is 11.6 Å². The topological polar surface area (TPSA) is 52.3 Å². The lowest BCUT2D eigenvalue weighted by Gasteiger charge is -2.06. The smallest absolute Gasteiger partial charge is 0.0633 e. The van der Waals surface area contributed by atoms with E-state index in [1.807, 2.05) is 6.92 Å². The number of hydrogen-bond donors (Lipinski definition) is 1. The van der Waals surface area contributed by atoms with Gasteiger partial charge < -0.3 is 10.5 Å². The zero-order chi connectivity index (χ0) is 11.3. The highest BCUT2D eigenvalue weighted by Gasteiger charge is 2.08. The van der Waals surface area contributed by atoms with Crippen molar-refractivity contribution in [1.29, 1.82) is 0 Å². The highest BCUT2D eigenvalue weighted by molar-refractivity contribution is 7.85. The van der Waals surface area contributed by atoms with Crippen LogP contribution in [0.4, 0.5) is 5.69 Å². The standard InChI is InChI=1S/C10H14ClNO2S/c1-2-14-5-6-15(13)10-7-8(11)3-4-9(10)12/h3-4,7H,2,5-6,12H2,1H3. The highest BCUT2D eigenvalue weighted by atomic mass is 35.5. The molecule has 2 N–H and O–H groups in total. The van der Waals surface area contributed by atoms with Crippen LogP contribution in [-0.2, 0) is 15.5 Å². The van der Waals surface area contributed by atoms with Crippen LogP contribution < -0.4 is 5.73 Å². The molecular weight excluding hydrogens is 234 g/mol. The minimum atomic E-state index is -1.14. The summed E-state index contributed by atoms with van der Waals surface area (Å²) in [5.41, 5.74) is 6.21. The predicted octanol–water partition coefficient (Wildman–Crippen LogP) is 2.07. The van der Waals surface area contributed by atoms with Crippen LogP contribution in [0.1, 0.15) is 6.92 Å². The van der Waals surface area contributed by atoms with E-state index >= 15 is 0 Å². The number of nitrogens with two attached hydrogens (primary N) is 1. The summed E-state index contributed by atoms with van der Waals surface area (Å²) in [7, 11) is -1.14. The third-order valence-electron chi connectivity index (χ3n) is 1.84. The molecule has 0 spiro atoms. The monoisotopic (exact) mass is 247 g/mol. The van der Waals surface area contributed by atoms with E-state index in [0.717, 1.165) is 0 Å². The maximum Gasteiger partial charge on any atom is 0.0633 e. The third kappa shape index (κ3) is 3.81. The Bertz CT molecular complexity index is 357. The largest absolute Gasteiger partial charge is 0.398 e. The summed E-state index contributed by atoms with van der Waals surface area (Å²) >= 11 is 5.80. The number of benzene rings is 1. The number of anilines is 1. The van der Waals surface area contributed by atoms with E-state index in [1.54, 1.807) is 18.2 Å². The second kappa shape index (κ2) is 6.10. The van der Waals surface area contributed by atoms with Gasteiger partial charge in [0.2, 0.25) is 0 Å². The molecule has 0 heterocycles. The molecular formula is C10H14ClNO2S. The van der Waals surface area contributed by atoms with E-state index in [-0.39, 0.29) is 0 Å². The number of nitrogen functional groups attached to an aromatic ring is 1. The Hall–Kier alpha value is -0.580. The highest BCUT2D eigenvalue weighted by Crippen LogP contribution is 2.21. The van der Waals surface area contributed by atoms with Crippen molar-refractivity contribution in [3.63, 3.8) is 0 Å². The molecule has 84 valence electrons. The molecule has 5 heteroatoms. The molecule has 0 aliphatic heterocycles. The molecule has 0 fully saturated rings. The summed E-state index contributed by atoms with van der Waals surface area (Å²) in [6.07, 6.45) is 0. The van der Waals surface area contributed by atoms with Crippen LogP contribution in [0.15, 0.2) is 23.1 Å². The lowest BCUT2D eigenvalue weighted by atomic mass is 10.3. The summed E-state index contributed by atoms with van der Waals surface area (Å²) < 4.78 is 16.9. The summed E-state index contributed by atoms with van der Waals surface area (Å²) in [5, 5.41) is 0.545. The number of halogens is 1. The maximum atomic E-state index is 11.8. The normalized spacial score (nSPS) is 12.7. The van der Waals surface area contributed by atoms with Crippen molar-refractivity contribution in [3.8, 4) is 0 Å². The van der Waals surface area contributed by atoms with Gasteiger partial charge in [0.1, 0.15) is 0 Å². The lowest BCUT2D eigenvalue weighted by Crippen LogP contribution is -2.08. The fraction of sp³-hybridized carbons (Fsp3) is 0.400. The Labute approximate surface area is 97.0 Å². The zero-order valence-electron chi connectivity index (χ0n) is 8.53. The Morgan fingerprint density at radius 3 is 2.93 bits per heavy atom. The van der Waals surface area contributed by atoms with Crippen LogP contribution in [0.2, 0.25) is 5.02 Å². The van der Waals surface area contributed by atoms with Gasteiger partial charge in [-0.3, -0.25) is 4.21 Å². The lowest BCUT2D eigenvalue weighted by molar-refractivity contribution is 0.164. The number of rotatable bonds is 5. The van der Waals surface area contributed by atoms with Crippen LogP contribution >= 0.6 is 11.6 Å². The fourth-order valence-electron chi connectivity index (χ4n) is 1.09. The molecule has 0 saturated heterocycles. The van der Waals surface area contributed by atoms with Gasteiger partial charge in [-0.15, -0.1) is 0 Å². The van der Waals surface area contributed by atoms with Crippen molar-refractivity contribution in [1.82, 2.24) is 0 Å². The van der Waals surface area contributed by atoms with Crippen molar-refractivity contribution in [3.05, 3.63) is 23.2 Å². The number of ether oxygens (including phenoxy) is 1. The van der Waals surface area contributed by atoms with E-state index in [4.69, 9.17) is 22.1 Å². The Morgan fingerprint density at radius 1 is 1.53 bits per heavy atom. The quantitative estimate of drug-likeness (QED) is 0.640. The van der Waals surface area contributed by atoms with Crippen LogP contribution in [0, 0.1) is 0 Å². The second-order valence-electron chi connectivity index (χ2n) is 2.93. The van der Waals surface area contributed by atoms with E-state index in [9.17, 15) is 4.21 Å². The molecule has 3 nitrogen and oxygen atoms in total. The molecule has 0 aliphatic rings. The first-order valence-electron chi connectivity index (χ1n) is 4.66. The van der Waals surface area contributed by atoms with Gasteiger partial charge in [0, 0.05) is 17.3 Å². The van der Waals surface area contributed by atoms with Crippen molar-refractivity contribution >= 4 is 28.1 Å². The molecule has 0 radical (unpaired) electrons. The van der Waals surface area contributed by atoms with E-state index in [0.29, 0.717) is 34.6 Å². The van der Waals surface area contributed by atoms with Gasteiger partial charge in [-0.25, -0.2) is 0 Å². The second-order valence-corrected chi connectivity index (χ2v) is 4.90. The average Bonchev–Trinajstić information content (AvgIpc) is 2.22. The predicted molar refractivity (Wildman–Crippen MR) is 63.6 cm³/mol. The Kier molecular flexibility index (Phi) is 5.08. The van der Waals surface area contributed by atoms with Crippen molar-refractivity contribution in [2.45, 2.75) is 11.8 Å². The van der Waals surface area contributed by atoms with Gasteiger partial charge >= 0.3 is 0 Å². The van der Waals surface area contributed by atoms with Crippen LogP contribution in [0.5, 0.6) is 0 Å². The SMILES string of the molecule is CCOCCS(=O)c1cc(Cl)ccc1N. The average molecular weight is 248 g/mol. The summed E-state index contributed by atoms with van der Waals surface area (Å²) in [5.74, 6) is 0.443. The molecule has 0 saturated carbocycles. The minimum absolute atomic E-state index is 0.443. The first kappa shape index (κ1) is 12.5. The molecule has 1 atom stereocenters. The molecule has 0 aromatic heterocycles. The first-order valence-corrected chi connectivity index (χ1v) is 6.36. The summed E-state index contributed by atoms with van der Waals surface area (Å²) in [4.78, 5) is 0.585. The molecule has 0 aliphatic carbocycles. The van der Waals surface area contributed by atoms with Gasteiger partial charge in [-0.2, -0.15) is 0 Å². The summed E-state index contributed by atoms with van der Waals surface area (Å²) in [6, 6.07) is 4.98. The Balaban J connectivity index is 2.68. The fourth-order valence-corrected chi connectivity index (χ4v) is 2.41. The third-order valence-corrected chi connectivity index (χ3v) is 3.45. The maximum absolute atomic E-state index is 11.8. The zero-order valence-corrected chi connectivity index (χ0v) is 10.1. The molecule has 0 amide bonds. The minimum Gasteiger partial charge on any atom is -0.398 e. The summed E-state index contributed by atoms with van der Waals surface area (Å²) in [6.45, 7) is 2.99. The molecule has 0 bridgehead atoms.